The number of aromatic nitrogens is 1. The number of rotatable bonds is 5. The van der Waals surface area contributed by atoms with Crippen LogP contribution >= 0.6 is 11.3 Å². The van der Waals surface area contributed by atoms with Gasteiger partial charge in [0.05, 0.1) is 11.9 Å². The maximum absolute atomic E-state index is 11.3. The number of nitrogens with zero attached hydrogens (tertiary/aromatic N) is 2. The minimum atomic E-state index is -0.0143. The number of Topliss-reactive ketones (excluding diaryl/α,β-unsaturated/α-hetero) is 1. The van der Waals surface area contributed by atoms with Gasteiger partial charge in [-0.25, -0.2) is 4.98 Å². The Hall–Kier alpha value is -2.99. The third-order valence-electron chi connectivity index (χ3n) is 3.43. The summed E-state index contributed by atoms with van der Waals surface area (Å²) >= 11 is 1.48. The number of hydrazone groups is 1. The van der Waals surface area contributed by atoms with Crippen LogP contribution in [0.2, 0.25) is 0 Å². The molecule has 24 heavy (non-hydrogen) atoms. The van der Waals surface area contributed by atoms with Gasteiger partial charge >= 0.3 is 0 Å². The van der Waals surface area contributed by atoms with E-state index in [1.54, 1.807) is 24.4 Å². The van der Waals surface area contributed by atoms with Crippen LogP contribution in [0, 0.1) is 0 Å². The second-order valence-corrected chi connectivity index (χ2v) is 6.03. The lowest BCUT2D eigenvalue weighted by Crippen LogP contribution is -1.99. The van der Waals surface area contributed by atoms with Crippen molar-refractivity contribution in [3.8, 4) is 11.3 Å². The number of carbonyl (C=O) groups is 1. The van der Waals surface area contributed by atoms with E-state index in [0.29, 0.717) is 16.4 Å². The van der Waals surface area contributed by atoms with Crippen molar-refractivity contribution in [2.45, 2.75) is 6.92 Å². The lowest BCUT2D eigenvalue weighted by molar-refractivity contribution is 0.101. The van der Waals surface area contributed by atoms with Crippen molar-refractivity contribution >= 4 is 34.2 Å². The van der Waals surface area contributed by atoms with Crippen LogP contribution in [0.1, 0.15) is 22.8 Å². The van der Waals surface area contributed by atoms with Crippen molar-refractivity contribution in [2.75, 3.05) is 11.2 Å². The summed E-state index contributed by atoms with van der Waals surface area (Å²) in [6, 6.07) is 15.1. The van der Waals surface area contributed by atoms with E-state index in [9.17, 15) is 4.79 Å². The summed E-state index contributed by atoms with van der Waals surface area (Å²) < 4.78 is 0. The Kier molecular flexibility index (Phi) is 4.67. The maximum Gasteiger partial charge on any atom is 0.203 e. The standard InChI is InChI=1S/C18H16N4OS/c1-12(23)14-7-8-15(16(19)9-14)10-20-22-18-21-17(11-24-18)13-5-3-2-4-6-13/h2-11H,19H2,1H3,(H,21,22)/b20-10+. The predicted molar refractivity (Wildman–Crippen MR) is 99.6 cm³/mol. The Bertz CT molecular complexity index is 887. The fraction of sp³-hybridized carbons (Fsp3) is 0.0556. The topological polar surface area (TPSA) is 80.4 Å². The molecule has 0 unspecified atom stereocenters. The van der Waals surface area contributed by atoms with E-state index < -0.39 is 0 Å². The van der Waals surface area contributed by atoms with Crippen LogP contribution in [0.25, 0.3) is 11.3 Å². The highest BCUT2D eigenvalue weighted by molar-refractivity contribution is 7.14. The first-order valence-corrected chi connectivity index (χ1v) is 8.22. The molecule has 2 aromatic carbocycles. The molecule has 0 atom stereocenters. The zero-order chi connectivity index (χ0) is 16.9. The van der Waals surface area contributed by atoms with Crippen LogP contribution < -0.4 is 11.2 Å². The molecule has 0 radical (unpaired) electrons. The molecule has 0 saturated carbocycles. The van der Waals surface area contributed by atoms with E-state index in [4.69, 9.17) is 5.73 Å². The molecule has 0 aliphatic rings. The van der Waals surface area contributed by atoms with Crippen LogP contribution in [0.4, 0.5) is 10.8 Å². The monoisotopic (exact) mass is 336 g/mol. The van der Waals surface area contributed by atoms with Crippen LogP contribution in [0.15, 0.2) is 59.0 Å². The summed E-state index contributed by atoms with van der Waals surface area (Å²) in [7, 11) is 0. The zero-order valence-corrected chi connectivity index (χ0v) is 13.9. The molecule has 3 rings (SSSR count). The molecule has 1 heterocycles. The average Bonchev–Trinajstić information content (AvgIpc) is 3.06. The highest BCUT2D eigenvalue weighted by Crippen LogP contribution is 2.24. The van der Waals surface area contributed by atoms with Gasteiger partial charge in [-0.3, -0.25) is 10.2 Å². The molecule has 0 bridgehead atoms. The highest BCUT2D eigenvalue weighted by atomic mass is 32.1. The molecule has 0 fully saturated rings. The van der Waals surface area contributed by atoms with Crippen LogP contribution in [0.3, 0.4) is 0 Å². The molecule has 5 nitrogen and oxygen atoms in total. The van der Waals surface area contributed by atoms with Crippen LogP contribution in [0.5, 0.6) is 0 Å². The van der Waals surface area contributed by atoms with E-state index in [1.807, 2.05) is 35.7 Å². The Labute approximate surface area is 143 Å². The van der Waals surface area contributed by atoms with Gasteiger partial charge in [0.2, 0.25) is 5.13 Å². The van der Waals surface area contributed by atoms with Gasteiger partial charge in [0, 0.05) is 27.8 Å². The molecule has 0 aliphatic carbocycles. The lowest BCUT2D eigenvalue weighted by Gasteiger charge is -2.02. The summed E-state index contributed by atoms with van der Waals surface area (Å²) in [4.78, 5) is 15.8. The van der Waals surface area contributed by atoms with E-state index >= 15 is 0 Å². The van der Waals surface area contributed by atoms with Gasteiger partial charge in [-0.1, -0.05) is 42.5 Å². The Morgan fingerprint density at radius 3 is 2.75 bits per heavy atom. The molecule has 0 spiro atoms. The van der Waals surface area contributed by atoms with Gasteiger partial charge in [-0.2, -0.15) is 5.10 Å². The summed E-state index contributed by atoms with van der Waals surface area (Å²) in [6.07, 6.45) is 1.61. The SMILES string of the molecule is CC(=O)c1ccc(/C=N/Nc2nc(-c3ccccc3)cs2)c(N)c1. The first-order chi connectivity index (χ1) is 11.6. The van der Waals surface area contributed by atoms with Gasteiger partial charge < -0.3 is 5.73 Å². The molecule has 0 saturated heterocycles. The van der Waals surface area contributed by atoms with Gasteiger partial charge in [0.25, 0.3) is 0 Å². The van der Waals surface area contributed by atoms with Crippen molar-refractivity contribution in [3.63, 3.8) is 0 Å². The fourth-order valence-electron chi connectivity index (χ4n) is 2.13. The Morgan fingerprint density at radius 2 is 2.04 bits per heavy atom. The van der Waals surface area contributed by atoms with Gasteiger partial charge in [-0.15, -0.1) is 11.3 Å². The number of hydrogen-bond acceptors (Lipinski definition) is 6. The summed E-state index contributed by atoms with van der Waals surface area (Å²) in [5, 5.41) is 6.84. The number of nitrogens with one attached hydrogen (secondary N) is 1. The zero-order valence-electron chi connectivity index (χ0n) is 13.1. The predicted octanol–water partition coefficient (Wildman–Crippen LogP) is 4.04. The summed E-state index contributed by atoms with van der Waals surface area (Å²) in [5.74, 6) is -0.0143. The van der Waals surface area contributed by atoms with Crippen LogP contribution in [-0.2, 0) is 0 Å². The number of ketones is 1. The van der Waals surface area contributed by atoms with E-state index in [-0.39, 0.29) is 5.78 Å². The van der Waals surface area contributed by atoms with E-state index in [2.05, 4.69) is 15.5 Å². The molecule has 120 valence electrons. The number of benzene rings is 2. The third-order valence-corrected chi connectivity index (χ3v) is 4.18. The van der Waals surface area contributed by atoms with Gasteiger partial charge in [-0.05, 0) is 13.0 Å². The quantitative estimate of drug-likeness (QED) is 0.319. The normalized spacial score (nSPS) is 10.9. The van der Waals surface area contributed by atoms with Gasteiger partial charge in [0.15, 0.2) is 5.78 Å². The minimum absolute atomic E-state index is 0.0143. The number of hydrogen-bond donors (Lipinski definition) is 2. The van der Waals surface area contributed by atoms with Crippen molar-refractivity contribution in [2.24, 2.45) is 5.10 Å². The average molecular weight is 336 g/mol. The minimum Gasteiger partial charge on any atom is -0.398 e. The Balaban J connectivity index is 1.69. The number of anilines is 2. The number of nitrogen functional groups attached to an aromatic ring is 1. The van der Waals surface area contributed by atoms with Crippen molar-refractivity contribution in [3.05, 3.63) is 65.0 Å². The first-order valence-electron chi connectivity index (χ1n) is 7.34. The maximum atomic E-state index is 11.3. The second kappa shape index (κ2) is 7.06. The molecular weight excluding hydrogens is 320 g/mol. The molecule has 0 aliphatic heterocycles. The van der Waals surface area contributed by atoms with Crippen LogP contribution in [-0.4, -0.2) is 17.0 Å². The van der Waals surface area contributed by atoms with Crippen molar-refractivity contribution < 1.29 is 4.79 Å². The third kappa shape index (κ3) is 3.67. The van der Waals surface area contributed by atoms with Crippen molar-refractivity contribution in [1.82, 2.24) is 4.98 Å². The fourth-order valence-corrected chi connectivity index (χ4v) is 2.80. The largest absolute Gasteiger partial charge is 0.398 e. The molecular formula is C18H16N4OS. The number of nitrogens with two attached hydrogens (primary N) is 1. The smallest absolute Gasteiger partial charge is 0.203 e. The van der Waals surface area contributed by atoms with Crippen molar-refractivity contribution in [1.29, 1.82) is 0 Å². The first kappa shape index (κ1) is 15.9. The van der Waals surface area contributed by atoms with E-state index in [0.717, 1.165) is 16.8 Å². The molecule has 3 N–H and O–H groups in total. The number of carbonyl (C=O) groups excluding carboxylic acids is 1. The Morgan fingerprint density at radius 1 is 1.25 bits per heavy atom. The molecule has 3 aromatic rings. The molecule has 0 amide bonds. The summed E-state index contributed by atoms with van der Waals surface area (Å²) in [6.45, 7) is 1.51. The molecule has 6 heteroatoms. The van der Waals surface area contributed by atoms with Gasteiger partial charge in [0.1, 0.15) is 0 Å². The molecule has 1 aromatic heterocycles. The second-order valence-electron chi connectivity index (χ2n) is 5.17. The number of thiazole rings is 1. The van der Waals surface area contributed by atoms with E-state index in [1.165, 1.54) is 18.3 Å². The lowest BCUT2D eigenvalue weighted by atomic mass is 10.1. The summed E-state index contributed by atoms with van der Waals surface area (Å²) in [5.41, 5.74) is 12.6. The highest BCUT2D eigenvalue weighted by Gasteiger charge is 2.04.